The van der Waals surface area contributed by atoms with E-state index in [1.165, 1.54) is 4.31 Å². The van der Waals surface area contributed by atoms with Crippen molar-refractivity contribution in [2.24, 2.45) is 0 Å². The van der Waals surface area contributed by atoms with E-state index in [9.17, 15) is 8.42 Å². The van der Waals surface area contributed by atoms with Gasteiger partial charge >= 0.3 is 0 Å². The van der Waals surface area contributed by atoms with Gasteiger partial charge in [-0.1, -0.05) is 18.2 Å². The Kier molecular flexibility index (Phi) is 4.23. The van der Waals surface area contributed by atoms with Gasteiger partial charge in [-0.25, -0.2) is 8.42 Å². The second-order valence-electron chi connectivity index (χ2n) is 4.94. The molecule has 0 aliphatic rings. The first-order valence-electron chi connectivity index (χ1n) is 6.56. The van der Waals surface area contributed by atoms with E-state index < -0.39 is 10.0 Å². The second-order valence-corrected chi connectivity index (χ2v) is 6.88. The molecule has 0 spiro atoms. The summed E-state index contributed by atoms with van der Waals surface area (Å²) in [6.07, 6.45) is 0. The van der Waals surface area contributed by atoms with Gasteiger partial charge in [0.05, 0.1) is 17.7 Å². The predicted molar refractivity (Wildman–Crippen MR) is 84.5 cm³/mol. The van der Waals surface area contributed by atoms with Crippen molar-refractivity contribution in [3.63, 3.8) is 0 Å². The molecule has 21 heavy (non-hydrogen) atoms. The fraction of sp³-hybridized carbons (Fsp3) is 0.250. The van der Waals surface area contributed by atoms with Gasteiger partial charge in [-0.05, 0) is 43.2 Å². The zero-order chi connectivity index (χ0) is 15.6. The van der Waals surface area contributed by atoms with Gasteiger partial charge in [0, 0.05) is 13.1 Å². The van der Waals surface area contributed by atoms with Gasteiger partial charge in [0.1, 0.15) is 5.75 Å². The highest BCUT2D eigenvalue weighted by molar-refractivity contribution is 7.92. The van der Waals surface area contributed by atoms with Crippen LogP contribution in [0, 0.1) is 13.8 Å². The highest BCUT2D eigenvalue weighted by Crippen LogP contribution is 2.27. The number of methoxy groups -OCH3 is 1. The molecule has 0 aromatic heterocycles. The molecule has 0 amide bonds. The van der Waals surface area contributed by atoms with Gasteiger partial charge in [-0.2, -0.15) is 0 Å². The minimum atomic E-state index is -3.59. The predicted octanol–water partition coefficient (Wildman–Crippen LogP) is 3.14. The number of ether oxygens (including phenoxy) is 1. The van der Waals surface area contributed by atoms with Gasteiger partial charge in [-0.3, -0.25) is 4.31 Å². The van der Waals surface area contributed by atoms with Crippen LogP contribution in [0.3, 0.4) is 0 Å². The molecule has 0 unspecified atom stereocenters. The smallest absolute Gasteiger partial charge is 0.264 e. The van der Waals surface area contributed by atoms with E-state index in [2.05, 4.69) is 0 Å². The van der Waals surface area contributed by atoms with Crippen LogP contribution in [-0.4, -0.2) is 22.6 Å². The van der Waals surface area contributed by atoms with Crippen LogP contribution in [0.5, 0.6) is 5.75 Å². The van der Waals surface area contributed by atoms with Crippen molar-refractivity contribution >= 4 is 15.7 Å². The maximum absolute atomic E-state index is 12.8. The molecule has 4 nitrogen and oxygen atoms in total. The molecule has 112 valence electrons. The average molecular weight is 305 g/mol. The number of hydrogen-bond donors (Lipinski definition) is 0. The zero-order valence-corrected chi connectivity index (χ0v) is 13.4. The molecule has 0 heterocycles. The summed E-state index contributed by atoms with van der Waals surface area (Å²) >= 11 is 0. The number of hydrogen-bond acceptors (Lipinski definition) is 3. The van der Waals surface area contributed by atoms with Crippen LogP contribution in [0.4, 0.5) is 5.69 Å². The van der Waals surface area contributed by atoms with Gasteiger partial charge in [0.15, 0.2) is 0 Å². The average Bonchev–Trinajstić information content (AvgIpc) is 2.48. The van der Waals surface area contributed by atoms with Crippen LogP contribution in [0.25, 0.3) is 0 Å². The molecule has 0 bridgehead atoms. The third-order valence-corrected chi connectivity index (χ3v) is 5.33. The van der Waals surface area contributed by atoms with E-state index in [0.717, 1.165) is 11.1 Å². The van der Waals surface area contributed by atoms with Crippen molar-refractivity contribution in [2.75, 3.05) is 18.5 Å². The summed E-state index contributed by atoms with van der Waals surface area (Å²) in [4.78, 5) is 0.327. The first-order chi connectivity index (χ1) is 9.86. The van der Waals surface area contributed by atoms with Crippen molar-refractivity contribution < 1.29 is 13.2 Å². The van der Waals surface area contributed by atoms with E-state index in [4.69, 9.17) is 4.74 Å². The Bertz CT molecular complexity index is 754. The molecule has 0 aliphatic carbocycles. The summed E-state index contributed by atoms with van der Waals surface area (Å²) in [6.45, 7) is 3.68. The zero-order valence-electron chi connectivity index (χ0n) is 12.6. The summed E-state index contributed by atoms with van der Waals surface area (Å²) in [7, 11) is -0.491. The van der Waals surface area contributed by atoms with Gasteiger partial charge in [0.25, 0.3) is 10.0 Å². The Morgan fingerprint density at radius 3 is 2.43 bits per heavy atom. The molecule has 0 saturated carbocycles. The molecule has 0 aliphatic heterocycles. The monoisotopic (exact) mass is 305 g/mol. The summed E-state index contributed by atoms with van der Waals surface area (Å²) in [5, 5.41) is 0. The Balaban J connectivity index is 2.49. The van der Waals surface area contributed by atoms with Crippen molar-refractivity contribution in [2.45, 2.75) is 18.7 Å². The number of sulfonamides is 1. The highest BCUT2D eigenvalue weighted by atomic mass is 32.2. The van der Waals surface area contributed by atoms with Crippen molar-refractivity contribution in [1.82, 2.24) is 0 Å². The number of nitrogens with zero attached hydrogens (tertiary/aromatic N) is 1. The molecule has 2 aromatic carbocycles. The lowest BCUT2D eigenvalue weighted by molar-refractivity contribution is 0.415. The third kappa shape index (κ3) is 3.03. The van der Waals surface area contributed by atoms with E-state index in [1.54, 1.807) is 51.4 Å². The molecule has 2 aromatic rings. The number of anilines is 1. The fourth-order valence-electron chi connectivity index (χ4n) is 2.08. The maximum Gasteiger partial charge on any atom is 0.264 e. The van der Waals surface area contributed by atoms with Crippen LogP contribution in [-0.2, 0) is 10.0 Å². The molecule has 0 radical (unpaired) electrons. The Morgan fingerprint density at radius 1 is 1.05 bits per heavy atom. The second kappa shape index (κ2) is 5.77. The number of aryl methyl sites for hydroxylation is 2. The Labute approximate surface area is 126 Å². The van der Waals surface area contributed by atoms with Crippen molar-refractivity contribution in [3.8, 4) is 5.75 Å². The van der Waals surface area contributed by atoms with Crippen LogP contribution >= 0.6 is 0 Å². The summed E-state index contributed by atoms with van der Waals surface area (Å²) < 4.78 is 32.0. The standard InChI is InChI=1S/C16H19NO3S/c1-12-8-9-13(2)16(10-12)21(18,19)17(3)14-6-5-7-15(11-14)20-4/h5-11H,1-4H3. The van der Waals surface area contributed by atoms with Crippen molar-refractivity contribution in [3.05, 3.63) is 53.6 Å². The van der Waals surface area contributed by atoms with Crippen LogP contribution in [0.1, 0.15) is 11.1 Å². The Morgan fingerprint density at radius 2 is 1.76 bits per heavy atom. The van der Waals surface area contributed by atoms with Crippen LogP contribution in [0.2, 0.25) is 0 Å². The lowest BCUT2D eigenvalue weighted by atomic mass is 10.2. The summed E-state index contributed by atoms with van der Waals surface area (Å²) in [5.74, 6) is 0.621. The first kappa shape index (κ1) is 15.4. The van der Waals surface area contributed by atoms with Crippen LogP contribution < -0.4 is 9.04 Å². The highest BCUT2D eigenvalue weighted by Gasteiger charge is 2.23. The molecule has 0 fully saturated rings. The molecule has 0 N–H and O–H groups in total. The minimum Gasteiger partial charge on any atom is -0.497 e. The Hall–Kier alpha value is -2.01. The van der Waals surface area contributed by atoms with Crippen LogP contribution in [0.15, 0.2) is 47.4 Å². The number of rotatable bonds is 4. The van der Waals surface area contributed by atoms with E-state index >= 15 is 0 Å². The van der Waals surface area contributed by atoms with Gasteiger partial charge in [0.2, 0.25) is 0 Å². The van der Waals surface area contributed by atoms with Crippen molar-refractivity contribution in [1.29, 1.82) is 0 Å². The largest absolute Gasteiger partial charge is 0.497 e. The quantitative estimate of drug-likeness (QED) is 0.872. The van der Waals surface area contributed by atoms with Gasteiger partial charge < -0.3 is 4.74 Å². The van der Waals surface area contributed by atoms with E-state index in [-0.39, 0.29) is 0 Å². The summed E-state index contributed by atoms with van der Waals surface area (Å²) in [6, 6.07) is 12.4. The lowest BCUT2D eigenvalue weighted by Gasteiger charge is -2.21. The lowest BCUT2D eigenvalue weighted by Crippen LogP contribution is -2.27. The van der Waals surface area contributed by atoms with E-state index in [1.807, 2.05) is 19.1 Å². The number of benzene rings is 2. The maximum atomic E-state index is 12.8. The minimum absolute atomic E-state index is 0.327. The third-order valence-electron chi connectivity index (χ3n) is 3.40. The SMILES string of the molecule is COc1cccc(N(C)S(=O)(=O)c2cc(C)ccc2C)c1. The fourth-order valence-corrected chi connectivity index (χ4v) is 3.57. The molecule has 2 rings (SSSR count). The topological polar surface area (TPSA) is 46.6 Å². The normalized spacial score (nSPS) is 11.2. The van der Waals surface area contributed by atoms with E-state index in [0.29, 0.717) is 16.3 Å². The molecular formula is C16H19NO3S. The summed E-state index contributed by atoms with van der Waals surface area (Å²) in [5.41, 5.74) is 2.21. The molecule has 0 atom stereocenters. The first-order valence-corrected chi connectivity index (χ1v) is 8.00. The molecule has 0 saturated heterocycles. The molecule has 5 heteroatoms. The van der Waals surface area contributed by atoms with Gasteiger partial charge in [-0.15, -0.1) is 0 Å². The molecular weight excluding hydrogens is 286 g/mol.